The molecule has 1 rings (SSSR count). The van der Waals surface area contributed by atoms with Gasteiger partial charge < -0.3 is 5.11 Å². The molecule has 1 aliphatic carbocycles. The third-order valence-electron chi connectivity index (χ3n) is 3.01. The van der Waals surface area contributed by atoms with Gasteiger partial charge in [-0.25, -0.2) is 0 Å². The minimum atomic E-state index is -0.0866. The zero-order valence-corrected chi connectivity index (χ0v) is 9.80. The van der Waals surface area contributed by atoms with Crippen molar-refractivity contribution in [1.82, 2.24) is 0 Å². The quantitative estimate of drug-likeness (QED) is 0.636. The average Bonchev–Trinajstić information content (AvgIpc) is 2.33. The zero-order chi connectivity index (χ0) is 10.8. The molecule has 1 N–H and O–H groups in total. The Bertz CT molecular complexity index is 238. The molecule has 0 amide bonds. The highest BCUT2D eigenvalue weighted by Gasteiger charge is 2.30. The van der Waals surface area contributed by atoms with Gasteiger partial charge in [0.15, 0.2) is 0 Å². The van der Waals surface area contributed by atoms with Crippen molar-refractivity contribution in [2.75, 3.05) is 0 Å². The maximum atomic E-state index is 9.58. The number of hydrogen-bond acceptors (Lipinski definition) is 1. The van der Waals surface area contributed by atoms with Crippen molar-refractivity contribution >= 4 is 0 Å². The lowest BCUT2D eigenvalue weighted by Crippen LogP contribution is -2.14. The molecule has 3 unspecified atom stereocenters. The number of hydrogen-bond donors (Lipinski definition) is 1. The van der Waals surface area contributed by atoms with E-state index in [1.807, 2.05) is 0 Å². The Hall–Kier alpha value is -0.480. The first-order valence-corrected chi connectivity index (χ1v) is 5.58. The smallest absolute Gasteiger partial charge is 0.0568 e. The fraction of sp³-hybridized carbons (Fsp3) is 0.846. The standard InChI is InChI=1S/C13H22O/c1-10-11(7-8-12(10)14)6-5-9-13(2,3)4/h10-12,14H,6-8H2,1-4H3. The van der Waals surface area contributed by atoms with Crippen LogP contribution in [0.25, 0.3) is 0 Å². The van der Waals surface area contributed by atoms with Crippen molar-refractivity contribution in [3.8, 4) is 11.8 Å². The molecule has 1 fully saturated rings. The normalized spacial score (nSPS) is 32.5. The number of aliphatic hydroxyl groups excluding tert-OH is 1. The summed E-state index contributed by atoms with van der Waals surface area (Å²) in [6.45, 7) is 8.54. The minimum absolute atomic E-state index is 0.0866. The lowest BCUT2D eigenvalue weighted by atomic mass is 9.92. The summed E-state index contributed by atoms with van der Waals surface area (Å²) in [5, 5.41) is 9.58. The van der Waals surface area contributed by atoms with Gasteiger partial charge in [0, 0.05) is 11.8 Å². The third kappa shape index (κ3) is 3.35. The van der Waals surface area contributed by atoms with E-state index < -0.39 is 0 Å². The Morgan fingerprint density at radius 1 is 1.29 bits per heavy atom. The third-order valence-corrected chi connectivity index (χ3v) is 3.01. The molecule has 0 radical (unpaired) electrons. The molecule has 0 saturated heterocycles. The molecule has 0 spiro atoms. The van der Waals surface area contributed by atoms with Crippen LogP contribution in [0, 0.1) is 29.1 Å². The molecule has 3 atom stereocenters. The molecule has 1 saturated carbocycles. The molecule has 0 aliphatic heterocycles. The lowest BCUT2D eigenvalue weighted by Gasteiger charge is -2.14. The summed E-state index contributed by atoms with van der Waals surface area (Å²) >= 11 is 0. The molecule has 1 aliphatic rings. The van der Waals surface area contributed by atoms with Gasteiger partial charge in [0.05, 0.1) is 6.10 Å². The second kappa shape index (κ2) is 4.36. The van der Waals surface area contributed by atoms with Crippen molar-refractivity contribution in [1.29, 1.82) is 0 Å². The highest BCUT2D eigenvalue weighted by Crippen LogP contribution is 2.33. The first-order valence-electron chi connectivity index (χ1n) is 5.58. The minimum Gasteiger partial charge on any atom is -0.393 e. The van der Waals surface area contributed by atoms with Crippen molar-refractivity contribution in [2.24, 2.45) is 17.3 Å². The molecular formula is C13H22O. The largest absolute Gasteiger partial charge is 0.393 e. The van der Waals surface area contributed by atoms with E-state index in [0.717, 1.165) is 19.3 Å². The topological polar surface area (TPSA) is 20.2 Å². The molecule has 80 valence electrons. The summed E-state index contributed by atoms with van der Waals surface area (Å²) in [6, 6.07) is 0. The van der Waals surface area contributed by atoms with Gasteiger partial charge in [0.2, 0.25) is 0 Å². The Morgan fingerprint density at radius 2 is 1.93 bits per heavy atom. The van der Waals surface area contributed by atoms with Gasteiger partial charge in [-0.1, -0.05) is 12.8 Å². The zero-order valence-electron chi connectivity index (χ0n) is 9.80. The summed E-state index contributed by atoms with van der Waals surface area (Å²) in [7, 11) is 0. The predicted octanol–water partition coefficient (Wildman–Crippen LogP) is 2.83. The second-order valence-corrected chi connectivity index (χ2v) is 5.52. The Labute approximate surface area is 87.9 Å². The van der Waals surface area contributed by atoms with Crippen LogP contribution in [-0.4, -0.2) is 11.2 Å². The monoisotopic (exact) mass is 194 g/mol. The summed E-state index contributed by atoms with van der Waals surface area (Å²) in [5.41, 5.74) is 0.112. The van der Waals surface area contributed by atoms with E-state index in [0.29, 0.717) is 11.8 Å². The Kier molecular flexibility index (Phi) is 3.61. The van der Waals surface area contributed by atoms with Crippen LogP contribution in [0.5, 0.6) is 0 Å². The summed E-state index contributed by atoms with van der Waals surface area (Å²) in [4.78, 5) is 0. The van der Waals surface area contributed by atoms with Gasteiger partial charge in [-0.3, -0.25) is 0 Å². The fourth-order valence-electron chi connectivity index (χ4n) is 1.96. The molecule has 1 heteroatoms. The number of aliphatic hydroxyl groups is 1. The van der Waals surface area contributed by atoms with Gasteiger partial charge in [0.25, 0.3) is 0 Å². The molecule has 0 aromatic rings. The van der Waals surface area contributed by atoms with Crippen LogP contribution in [0.2, 0.25) is 0 Å². The maximum absolute atomic E-state index is 9.58. The summed E-state index contributed by atoms with van der Waals surface area (Å²) in [6.07, 6.45) is 2.97. The van der Waals surface area contributed by atoms with Crippen LogP contribution in [0.3, 0.4) is 0 Å². The van der Waals surface area contributed by atoms with Crippen LogP contribution < -0.4 is 0 Å². The number of rotatable bonds is 1. The Morgan fingerprint density at radius 3 is 2.36 bits per heavy atom. The van der Waals surface area contributed by atoms with Gasteiger partial charge in [-0.2, -0.15) is 0 Å². The fourth-order valence-corrected chi connectivity index (χ4v) is 1.96. The first kappa shape index (κ1) is 11.6. The SMILES string of the molecule is CC1C(O)CCC1CC#CC(C)(C)C. The molecule has 0 bridgehead atoms. The Balaban J connectivity index is 2.42. The van der Waals surface area contributed by atoms with Crippen LogP contribution >= 0.6 is 0 Å². The highest BCUT2D eigenvalue weighted by molar-refractivity contribution is 5.08. The average molecular weight is 194 g/mol. The molecular weight excluding hydrogens is 172 g/mol. The predicted molar refractivity (Wildman–Crippen MR) is 59.7 cm³/mol. The van der Waals surface area contributed by atoms with Gasteiger partial charge >= 0.3 is 0 Å². The maximum Gasteiger partial charge on any atom is 0.0568 e. The van der Waals surface area contributed by atoms with E-state index in [9.17, 15) is 5.11 Å². The second-order valence-electron chi connectivity index (χ2n) is 5.52. The van der Waals surface area contributed by atoms with Crippen LogP contribution in [0.4, 0.5) is 0 Å². The van der Waals surface area contributed by atoms with E-state index >= 15 is 0 Å². The molecule has 14 heavy (non-hydrogen) atoms. The van der Waals surface area contributed by atoms with Crippen molar-refractivity contribution in [3.63, 3.8) is 0 Å². The van der Waals surface area contributed by atoms with E-state index in [-0.39, 0.29) is 11.5 Å². The molecule has 1 nitrogen and oxygen atoms in total. The molecule has 0 aromatic carbocycles. The first-order chi connectivity index (χ1) is 6.40. The van der Waals surface area contributed by atoms with Crippen LogP contribution in [0.15, 0.2) is 0 Å². The van der Waals surface area contributed by atoms with E-state index in [4.69, 9.17) is 0 Å². The van der Waals surface area contributed by atoms with Gasteiger partial charge in [0.1, 0.15) is 0 Å². The van der Waals surface area contributed by atoms with Gasteiger partial charge in [-0.05, 0) is 45.4 Å². The van der Waals surface area contributed by atoms with Gasteiger partial charge in [-0.15, -0.1) is 5.92 Å². The van der Waals surface area contributed by atoms with Crippen molar-refractivity contribution < 1.29 is 5.11 Å². The summed E-state index contributed by atoms with van der Waals surface area (Å²) < 4.78 is 0. The summed E-state index contributed by atoms with van der Waals surface area (Å²) in [5.74, 6) is 7.56. The highest BCUT2D eigenvalue weighted by atomic mass is 16.3. The lowest BCUT2D eigenvalue weighted by molar-refractivity contribution is 0.128. The van der Waals surface area contributed by atoms with E-state index in [1.54, 1.807) is 0 Å². The van der Waals surface area contributed by atoms with Crippen LogP contribution in [-0.2, 0) is 0 Å². The molecule has 0 aromatic heterocycles. The van der Waals surface area contributed by atoms with Crippen LogP contribution in [0.1, 0.15) is 47.0 Å². The van der Waals surface area contributed by atoms with Crippen molar-refractivity contribution in [3.05, 3.63) is 0 Å². The van der Waals surface area contributed by atoms with E-state index in [1.165, 1.54) is 0 Å². The van der Waals surface area contributed by atoms with E-state index in [2.05, 4.69) is 39.5 Å². The molecule has 0 heterocycles. The van der Waals surface area contributed by atoms with Crippen molar-refractivity contribution in [2.45, 2.75) is 53.1 Å².